The molecule has 0 saturated carbocycles. The van der Waals surface area contributed by atoms with Gasteiger partial charge in [-0.15, -0.1) is 0 Å². The van der Waals surface area contributed by atoms with Gasteiger partial charge in [0.15, 0.2) is 0 Å². The molecule has 0 rings (SSSR count). The van der Waals surface area contributed by atoms with Gasteiger partial charge in [-0.05, 0) is 6.92 Å². The first-order chi connectivity index (χ1) is 5.24. The fraction of sp³-hybridized carbons (Fsp3) is 0.571. The molecule has 0 aromatic rings. The molecule has 4 nitrogen and oxygen atoms in total. The van der Waals surface area contributed by atoms with Crippen LogP contribution in [0.15, 0.2) is 12.0 Å². The van der Waals surface area contributed by atoms with Crippen molar-refractivity contribution >= 4 is 5.97 Å². The highest BCUT2D eigenvalue weighted by Gasteiger charge is 2.00. The predicted molar refractivity (Wildman–Crippen MR) is 38.7 cm³/mol. The summed E-state index contributed by atoms with van der Waals surface area (Å²) in [7, 11) is 2.71. The number of hydrogen-bond donors (Lipinski definition) is 0. The summed E-state index contributed by atoms with van der Waals surface area (Å²) in [5, 5.41) is 0. The summed E-state index contributed by atoms with van der Waals surface area (Å²) in [4.78, 5) is 10.6. The summed E-state index contributed by atoms with van der Waals surface area (Å²) in [6.45, 7) is 2.25. The third kappa shape index (κ3) is 4.25. The van der Waals surface area contributed by atoms with Crippen LogP contribution in [0.2, 0.25) is 0 Å². The summed E-state index contributed by atoms with van der Waals surface area (Å²) in [6, 6.07) is 0. The molecule has 0 amide bonds. The van der Waals surface area contributed by atoms with Crippen molar-refractivity contribution in [3.63, 3.8) is 0 Å². The molecule has 0 bridgehead atoms. The van der Waals surface area contributed by atoms with Crippen molar-refractivity contribution in [2.75, 3.05) is 20.8 Å². The Balaban J connectivity index is 3.99. The number of carbonyl (C=O) groups excluding carboxylic acids is 1. The minimum absolute atomic E-state index is 0.166. The maximum atomic E-state index is 10.6. The van der Waals surface area contributed by atoms with E-state index in [4.69, 9.17) is 9.47 Å². The number of methoxy groups -OCH3 is 2. The van der Waals surface area contributed by atoms with Gasteiger partial charge in [-0.2, -0.15) is 0 Å². The molecule has 0 spiro atoms. The second-order valence-corrected chi connectivity index (χ2v) is 1.62. The van der Waals surface area contributed by atoms with E-state index in [2.05, 4.69) is 4.74 Å². The van der Waals surface area contributed by atoms with Gasteiger partial charge in [0.2, 0.25) is 0 Å². The Morgan fingerprint density at radius 1 is 1.36 bits per heavy atom. The Bertz CT molecular complexity index is 151. The van der Waals surface area contributed by atoms with Crippen LogP contribution in [0.3, 0.4) is 0 Å². The van der Waals surface area contributed by atoms with Gasteiger partial charge in [-0.3, -0.25) is 0 Å². The number of carbonyl (C=O) groups is 1. The molecule has 0 heterocycles. The van der Waals surface area contributed by atoms with Gasteiger partial charge in [-0.25, -0.2) is 4.79 Å². The molecule has 0 N–H and O–H groups in total. The lowest BCUT2D eigenvalue weighted by atomic mass is 10.6. The summed E-state index contributed by atoms with van der Waals surface area (Å²) in [6.07, 6.45) is 1.14. The molecule has 0 aliphatic heterocycles. The van der Waals surface area contributed by atoms with E-state index in [0.717, 1.165) is 6.08 Å². The second-order valence-electron chi connectivity index (χ2n) is 1.62. The molecule has 64 valence electrons. The molecule has 0 aromatic carbocycles. The van der Waals surface area contributed by atoms with E-state index in [0.29, 0.717) is 6.61 Å². The van der Waals surface area contributed by atoms with Crippen molar-refractivity contribution < 1.29 is 19.0 Å². The predicted octanol–water partition coefficient (Wildman–Crippen LogP) is 0.684. The molecule has 0 aliphatic carbocycles. The molecule has 0 aliphatic rings. The van der Waals surface area contributed by atoms with Crippen molar-refractivity contribution in [1.29, 1.82) is 0 Å². The van der Waals surface area contributed by atoms with Crippen LogP contribution in [-0.2, 0) is 19.0 Å². The van der Waals surface area contributed by atoms with Gasteiger partial charge in [0, 0.05) is 0 Å². The highest BCUT2D eigenvalue weighted by Crippen LogP contribution is 1.97. The molecule has 0 atom stereocenters. The summed E-state index contributed by atoms with van der Waals surface area (Å²) in [5.74, 6) is -0.324. The minimum Gasteiger partial charge on any atom is -0.469 e. The SMILES string of the molecule is CCO/C(=C/C(=O)OC)OC. The van der Waals surface area contributed by atoms with Crippen LogP contribution in [0, 0.1) is 0 Å². The van der Waals surface area contributed by atoms with Crippen LogP contribution in [-0.4, -0.2) is 26.8 Å². The quantitative estimate of drug-likeness (QED) is 0.344. The topological polar surface area (TPSA) is 44.8 Å². The Morgan fingerprint density at radius 2 is 2.00 bits per heavy atom. The third-order valence-electron chi connectivity index (χ3n) is 0.925. The summed E-state index contributed by atoms with van der Waals surface area (Å²) in [5.41, 5.74) is 0. The summed E-state index contributed by atoms with van der Waals surface area (Å²) < 4.78 is 14.0. The van der Waals surface area contributed by atoms with Crippen LogP contribution >= 0.6 is 0 Å². The Labute approximate surface area is 65.7 Å². The van der Waals surface area contributed by atoms with Gasteiger partial charge in [0.1, 0.15) is 6.08 Å². The van der Waals surface area contributed by atoms with E-state index >= 15 is 0 Å². The molecular weight excluding hydrogens is 148 g/mol. The van der Waals surface area contributed by atoms with Gasteiger partial charge >= 0.3 is 5.97 Å². The van der Waals surface area contributed by atoms with Gasteiger partial charge in [0.25, 0.3) is 5.95 Å². The molecule has 0 radical (unpaired) electrons. The molecule has 0 unspecified atom stereocenters. The van der Waals surface area contributed by atoms with Crippen molar-refractivity contribution in [3.05, 3.63) is 12.0 Å². The highest BCUT2D eigenvalue weighted by atomic mass is 16.7. The van der Waals surface area contributed by atoms with Crippen LogP contribution in [0.5, 0.6) is 0 Å². The van der Waals surface area contributed by atoms with Crippen LogP contribution < -0.4 is 0 Å². The van der Waals surface area contributed by atoms with Crippen molar-refractivity contribution in [3.8, 4) is 0 Å². The molecule has 0 saturated heterocycles. The largest absolute Gasteiger partial charge is 0.469 e. The van der Waals surface area contributed by atoms with E-state index in [-0.39, 0.29) is 5.95 Å². The number of ether oxygens (including phenoxy) is 3. The lowest BCUT2D eigenvalue weighted by Crippen LogP contribution is -2.01. The Kier molecular flexibility index (Phi) is 4.98. The normalized spacial score (nSPS) is 10.6. The van der Waals surface area contributed by atoms with Crippen LogP contribution in [0.1, 0.15) is 6.92 Å². The van der Waals surface area contributed by atoms with Crippen molar-refractivity contribution in [2.24, 2.45) is 0 Å². The average molecular weight is 160 g/mol. The fourth-order valence-electron chi connectivity index (χ4n) is 0.457. The standard InChI is InChI=1S/C7H12O4/c1-4-11-7(10-3)5-6(8)9-2/h5H,4H2,1-3H3/b7-5+. The van der Waals surface area contributed by atoms with E-state index in [9.17, 15) is 4.79 Å². The smallest absolute Gasteiger partial charge is 0.337 e. The van der Waals surface area contributed by atoms with E-state index in [1.807, 2.05) is 0 Å². The zero-order chi connectivity index (χ0) is 8.69. The first-order valence-electron chi connectivity index (χ1n) is 3.21. The lowest BCUT2D eigenvalue weighted by molar-refractivity contribution is -0.135. The molecule has 4 heteroatoms. The minimum atomic E-state index is -0.490. The van der Waals surface area contributed by atoms with E-state index in [1.54, 1.807) is 6.92 Å². The Morgan fingerprint density at radius 3 is 2.36 bits per heavy atom. The van der Waals surface area contributed by atoms with E-state index in [1.165, 1.54) is 14.2 Å². The lowest BCUT2D eigenvalue weighted by Gasteiger charge is -2.04. The van der Waals surface area contributed by atoms with Crippen molar-refractivity contribution in [1.82, 2.24) is 0 Å². The Hall–Kier alpha value is -1.19. The van der Waals surface area contributed by atoms with E-state index < -0.39 is 5.97 Å². The first kappa shape index (κ1) is 9.81. The first-order valence-corrected chi connectivity index (χ1v) is 3.21. The second kappa shape index (κ2) is 5.58. The molecule has 11 heavy (non-hydrogen) atoms. The zero-order valence-electron chi connectivity index (χ0n) is 6.92. The zero-order valence-corrected chi connectivity index (χ0v) is 6.92. The van der Waals surface area contributed by atoms with Gasteiger partial charge in [-0.1, -0.05) is 0 Å². The summed E-state index contributed by atoms with van der Waals surface area (Å²) >= 11 is 0. The van der Waals surface area contributed by atoms with Crippen LogP contribution in [0.4, 0.5) is 0 Å². The van der Waals surface area contributed by atoms with Crippen LogP contribution in [0.25, 0.3) is 0 Å². The van der Waals surface area contributed by atoms with Gasteiger partial charge in [0.05, 0.1) is 20.8 Å². The van der Waals surface area contributed by atoms with Crippen molar-refractivity contribution in [2.45, 2.75) is 6.92 Å². The molecule has 0 aromatic heterocycles. The monoisotopic (exact) mass is 160 g/mol. The number of rotatable bonds is 4. The molecular formula is C7H12O4. The average Bonchev–Trinajstić information content (AvgIpc) is 2.03. The highest BCUT2D eigenvalue weighted by molar-refractivity contribution is 5.81. The fourth-order valence-corrected chi connectivity index (χ4v) is 0.457. The number of hydrogen-bond acceptors (Lipinski definition) is 4. The molecule has 0 fully saturated rings. The number of esters is 1. The third-order valence-corrected chi connectivity index (χ3v) is 0.925. The maximum absolute atomic E-state index is 10.6. The van der Waals surface area contributed by atoms with Gasteiger partial charge < -0.3 is 14.2 Å². The maximum Gasteiger partial charge on any atom is 0.337 e.